The molecule has 18 aliphatic rings. The minimum absolute atomic E-state index is 0.0424. The summed E-state index contributed by atoms with van der Waals surface area (Å²) in [6, 6.07) is 11.1. The molecule has 1 aromatic carbocycles. The summed E-state index contributed by atoms with van der Waals surface area (Å²) in [4.78, 5) is 28.2. The number of amides is 1. The third kappa shape index (κ3) is 12.0. The van der Waals surface area contributed by atoms with E-state index in [-0.39, 0.29) is 52.2 Å². The van der Waals surface area contributed by atoms with Gasteiger partial charge in [0.05, 0.1) is 59.8 Å². The molecule has 592 valence electrons. The Hall–Kier alpha value is -4.86. The molecular formula is C95H135N7O7. The van der Waals surface area contributed by atoms with Crippen molar-refractivity contribution < 1.29 is 33.6 Å². The maximum Gasteiger partial charge on any atom is 0.410 e. The first-order valence-corrected chi connectivity index (χ1v) is 44.8. The molecule has 8 heterocycles. The Morgan fingerprint density at radius 2 is 0.972 bits per heavy atom. The predicted molar refractivity (Wildman–Crippen MR) is 427 cm³/mol. The van der Waals surface area contributed by atoms with Crippen LogP contribution in [0.25, 0.3) is 0 Å². The number of carbonyl (C=O) groups excluding carboxylic acids is 2. The highest BCUT2D eigenvalue weighted by molar-refractivity contribution is 5.96. The number of likely N-dealkylation sites (tertiary alicyclic amines) is 1. The summed E-state index contributed by atoms with van der Waals surface area (Å²) >= 11 is 0. The molecule has 7 saturated carbocycles. The fraction of sp³-hybridized carbons (Fsp3) is 0.768. The van der Waals surface area contributed by atoms with Gasteiger partial charge in [0.1, 0.15) is 6.61 Å². The van der Waals surface area contributed by atoms with Gasteiger partial charge in [-0.1, -0.05) is 126 Å². The summed E-state index contributed by atoms with van der Waals surface area (Å²) in [5.41, 5.74) is 18.6. The van der Waals surface area contributed by atoms with Crippen molar-refractivity contribution in [3.8, 4) is 0 Å². The lowest BCUT2D eigenvalue weighted by Crippen LogP contribution is -2.54. The molecule has 1 amide bonds. The third-order valence-electron chi connectivity index (χ3n) is 36.8. The first kappa shape index (κ1) is 74.3. The fourth-order valence-corrected chi connectivity index (χ4v) is 31.0. The maximum absolute atomic E-state index is 13.5. The summed E-state index contributed by atoms with van der Waals surface area (Å²) in [6.07, 6.45) is 38.2. The number of fused-ring (bicyclic) bond motifs is 20. The summed E-state index contributed by atoms with van der Waals surface area (Å²) in [5, 5.41) is 33.0. The van der Waals surface area contributed by atoms with Crippen molar-refractivity contribution in [1.82, 2.24) is 35.9 Å². The SMILES string of the molecule is CC1=C2C[C@H]3[C@@H](CC[C@@H]4CC(=O)/C(=C\O)C[C@@]43C)[C@@H]2CC[C@@]2(C1)O[C@@H]1C[C@H](C)CN(C(=O)OCc3ccccc3)[C@H]1[C@H]2C.CC1=C2C[C@H]3[C@@H](CC[C@@H]4Cc5[nH]ncc5C[C@@]43C)[C@@H]2CC[C@@]2(C1)O[C@@H]1C[C@H](C)CN[C@H]1[C@H]2C.CC1=C2C[C@H]3[C@@H](CC[C@@H]4Cc5[nH]ncc5C[C@@]43C)[C@@H]2CC[C@@]2(C1)O[C@@H]1C[C@H](C)CN[C@H]1[C@H]2C. The van der Waals surface area contributed by atoms with Crippen molar-refractivity contribution >= 4 is 11.9 Å². The number of ketones is 1. The minimum Gasteiger partial charge on any atom is -0.515 e. The number of aliphatic hydroxyl groups is 1. The molecule has 2 aromatic heterocycles. The number of nitrogens with one attached hydrogen (secondary N) is 4. The molecule has 3 spiro atoms. The second-order valence-electron chi connectivity index (χ2n) is 42.2. The zero-order chi connectivity index (χ0) is 75.2. The molecule has 5 N–H and O–H groups in total. The lowest BCUT2D eigenvalue weighted by Gasteiger charge is -2.52. The molecule has 6 saturated heterocycles. The maximum atomic E-state index is 13.5. The van der Waals surface area contributed by atoms with Crippen LogP contribution < -0.4 is 10.6 Å². The first-order valence-electron chi connectivity index (χ1n) is 44.8. The Bertz CT molecular complexity index is 3960. The van der Waals surface area contributed by atoms with Gasteiger partial charge in [0, 0.05) is 59.8 Å². The lowest BCUT2D eigenvalue weighted by atomic mass is 9.51. The number of aliphatic hydroxyl groups excluding tert-OH is 1. The van der Waals surface area contributed by atoms with Crippen LogP contribution in [0.15, 0.2) is 88.0 Å². The van der Waals surface area contributed by atoms with Gasteiger partial charge in [0.15, 0.2) is 5.78 Å². The van der Waals surface area contributed by atoms with Crippen LogP contribution >= 0.6 is 0 Å². The van der Waals surface area contributed by atoms with Gasteiger partial charge in [0.25, 0.3) is 0 Å². The normalized spacial score (nSPS) is 47.9. The Balaban J connectivity index is 0.000000112. The van der Waals surface area contributed by atoms with E-state index in [4.69, 9.17) is 18.9 Å². The molecule has 14 heteroatoms. The molecule has 0 unspecified atom stereocenters. The number of piperidine rings is 3. The molecule has 12 aliphatic carbocycles. The van der Waals surface area contributed by atoms with Gasteiger partial charge in [-0.25, -0.2) is 4.79 Å². The van der Waals surface area contributed by atoms with Crippen LogP contribution in [-0.2, 0) is 56.0 Å². The van der Waals surface area contributed by atoms with E-state index in [0.29, 0.717) is 95.1 Å². The van der Waals surface area contributed by atoms with Crippen molar-refractivity contribution in [3.05, 3.63) is 116 Å². The molecule has 6 aliphatic heterocycles. The van der Waals surface area contributed by atoms with Crippen LogP contribution in [0.1, 0.15) is 259 Å². The highest BCUT2D eigenvalue weighted by Gasteiger charge is 2.65. The Morgan fingerprint density at radius 3 is 1.44 bits per heavy atom. The van der Waals surface area contributed by atoms with Gasteiger partial charge in [-0.05, 0) is 323 Å². The molecule has 21 rings (SSSR count). The van der Waals surface area contributed by atoms with E-state index in [9.17, 15) is 14.7 Å². The van der Waals surface area contributed by atoms with Crippen molar-refractivity contribution in [3.63, 3.8) is 0 Å². The van der Waals surface area contributed by atoms with Gasteiger partial charge >= 0.3 is 6.09 Å². The number of hydrogen-bond donors (Lipinski definition) is 5. The van der Waals surface area contributed by atoms with Crippen LogP contribution in [0.2, 0.25) is 0 Å². The lowest BCUT2D eigenvalue weighted by molar-refractivity contribution is -0.124. The largest absolute Gasteiger partial charge is 0.515 e. The Kier molecular flexibility index (Phi) is 18.9. The van der Waals surface area contributed by atoms with E-state index in [2.05, 4.69) is 127 Å². The standard InChI is InChI=1S/C37H49NO5.2C29H43N3O/c1-22-14-33-34(38(19-22)35(41)42-21-25-8-6-5-7-9-25)24(3)37(43-33)13-12-28-29-11-10-27-15-32(40)26(20-39)18-36(27,4)31(29)16-30(28)23(2)17-37;2*1-16-9-26-27(30-14-16)18(3)29(33-26)8-7-21-22-6-5-20-10-25-19(15-31-32-25)13-28(20,4)24(22)11-23(21)17(2)12-29/h5-9,20,22,24,27-29,31,33-34,39H,10-19,21H2,1-4H3;2*15-16,18,20-22,24,26-27,30H,5-14H2,1-4H3,(H,31,32)/b26-20-;;/t22-,24+,27+,28-,29-,31-,33+,34-,36-,37-;2*16-,18+,20+,21-,22-,24-,26+,27-,28-,29-/m000/s1. The van der Waals surface area contributed by atoms with Crippen molar-refractivity contribution in [2.24, 2.45) is 123 Å². The molecule has 14 nitrogen and oxygen atoms in total. The van der Waals surface area contributed by atoms with E-state index in [1.165, 1.54) is 150 Å². The smallest absolute Gasteiger partial charge is 0.410 e. The van der Waals surface area contributed by atoms with Gasteiger partial charge in [-0.3, -0.25) is 15.0 Å². The summed E-state index contributed by atoms with van der Waals surface area (Å²) in [6.45, 7) is 32.6. The van der Waals surface area contributed by atoms with Gasteiger partial charge in [-0.15, -0.1) is 0 Å². The number of Topliss-reactive ketones (excluding diaryl/α,β-unsaturated/α-hetero) is 1. The van der Waals surface area contributed by atoms with Crippen LogP contribution in [-0.4, -0.2) is 115 Å². The number of aromatic nitrogens is 4. The Labute approximate surface area is 652 Å². The molecule has 13 fully saturated rings. The summed E-state index contributed by atoms with van der Waals surface area (Å²) < 4.78 is 27.1. The number of carbonyl (C=O) groups is 2. The van der Waals surface area contributed by atoms with Crippen molar-refractivity contribution in [2.45, 2.75) is 316 Å². The van der Waals surface area contributed by atoms with Gasteiger partial charge in [-0.2, -0.15) is 10.2 Å². The van der Waals surface area contributed by atoms with E-state index >= 15 is 0 Å². The molecule has 109 heavy (non-hydrogen) atoms. The number of allylic oxidation sites excluding steroid dienone is 4. The number of nitrogens with zero attached hydrogens (tertiary/aromatic N) is 3. The molecule has 30 atom stereocenters. The van der Waals surface area contributed by atoms with Crippen LogP contribution in [0.3, 0.4) is 0 Å². The fourth-order valence-electron chi connectivity index (χ4n) is 31.0. The zero-order valence-corrected chi connectivity index (χ0v) is 68.6. The highest BCUT2D eigenvalue weighted by atomic mass is 16.6. The molecule has 0 bridgehead atoms. The van der Waals surface area contributed by atoms with Crippen LogP contribution in [0, 0.1) is 123 Å². The van der Waals surface area contributed by atoms with E-state index in [0.717, 1.165) is 136 Å². The topological polar surface area (TPSA) is 176 Å². The number of hydrogen-bond acceptors (Lipinski definition) is 11. The monoisotopic (exact) mass is 1490 g/mol. The number of rotatable bonds is 2. The molecule has 3 aromatic rings. The average molecular weight is 1490 g/mol. The first-order chi connectivity index (χ1) is 52.4. The Morgan fingerprint density at radius 1 is 0.541 bits per heavy atom. The third-order valence-corrected chi connectivity index (χ3v) is 36.8. The number of ether oxygens (including phenoxy) is 4. The van der Waals surface area contributed by atoms with Crippen molar-refractivity contribution in [1.29, 1.82) is 0 Å². The highest BCUT2D eigenvalue weighted by Crippen LogP contribution is 2.69. The molecule has 0 radical (unpaired) electrons. The number of benzene rings is 1. The van der Waals surface area contributed by atoms with Crippen molar-refractivity contribution in [2.75, 3.05) is 19.6 Å². The number of H-pyrrole nitrogens is 2. The predicted octanol–water partition coefficient (Wildman–Crippen LogP) is 18.7. The van der Waals surface area contributed by atoms with Gasteiger partial charge < -0.3 is 39.6 Å². The molecular weight excluding hydrogens is 1350 g/mol. The quantitative estimate of drug-likeness (QED) is 0.0938. The second-order valence-corrected chi connectivity index (χ2v) is 42.2. The zero-order valence-electron chi connectivity index (χ0n) is 68.6. The van der Waals surface area contributed by atoms with Gasteiger partial charge in [0.2, 0.25) is 0 Å². The second kappa shape index (κ2) is 27.7. The van der Waals surface area contributed by atoms with Crippen LogP contribution in [0.5, 0.6) is 0 Å². The minimum atomic E-state index is -0.251. The van der Waals surface area contributed by atoms with E-state index in [1.54, 1.807) is 16.7 Å². The van der Waals surface area contributed by atoms with Crippen LogP contribution in [0.4, 0.5) is 4.79 Å². The van der Waals surface area contributed by atoms with E-state index in [1.807, 2.05) is 46.4 Å². The van der Waals surface area contributed by atoms with E-state index < -0.39 is 0 Å². The average Bonchev–Trinajstić information content (AvgIpc) is 1.59. The number of aromatic amines is 2. The summed E-state index contributed by atoms with van der Waals surface area (Å²) in [7, 11) is 0. The summed E-state index contributed by atoms with van der Waals surface area (Å²) in [5.74, 6) is 12.4.